The van der Waals surface area contributed by atoms with Crippen molar-refractivity contribution in [3.8, 4) is 0 Å². The van der Waals surface area contributed by atoms with Gasteiger partial charge in [-0.3, -0.25) is 9.63 Å². The Balaban J connectivity index is 1.41. The highest BCUT2D eigenvalue weighted by Gasteiger charge is 2.59. The maximum atomic E-state index is 12.5. The molecule has 4 aliphatic carbocycles. The standard InChI is InChI=1S/C28H47NO3/c1-6-17-32-29(5)26(31)12-7-19(2)23-10-11-24-22-9-8-20-18-21(30)13-15-27(20,3)25(22)14-16-28(23,24)4/h8,19,21-25,30H,6-7,9-18H2,1-5H3/t19?,21-,22-,23+,24-,25-,27-,28+/m0/s1. The van der Waals surface area contributed by atoms with Gasteiger partial charge in [0.1, 0.15) is 0 Å². The molecule has 0 spiro atoms. The molecule has 1 unspecified atom stereocenters. The van der Waals surface area contributed by atoms with Crippen LogP contribution in [0.1, 0.15) is 98.3 Å². The van der Waals surface area contributed by atoms with E-state index in [0.717, 1.165) is 49.4 Å². The van der Waals surface area contributed by atoms with Crippen LogP contribution >= 0.6 is 0 Å². The summed E-state index contributed by atoms with van der Waals surface area (Å²) in [4.78, 5) is 18.0. The molecule has 32 heavy (non-hydrogen) atoms. The summed E-state index contributed by atoms with van der Waals surface area (Å²) in [5.41, 5.74) is 2.31. The monoisotopic (exact) mass is 445 g/mol. The quantitative estimate of drug-likeness (QED) is 0.378. The fraction of sp³-hybridized carbons (Fsp3) is 0.893. The Hall–Kier alpha value is -0.870. The number of fused-ring (bicyclic) bond motifs is 5. The predicted octanol–water partition coefficient (Wildman–Crippen LogP) is 6.14. The first kappa shape index (κ1) is 24.3. The summed E-state index contributed by atoms with van der Waals surface area (Å²) in [6.07, 6.45) is 14.6. The summed E-state index contributed by atoms with van der Waals surface area (Å²) in [5.74, 6) is 3.86. The number of aliphatic hydroxyl groups is 1. The summed E-state index contributed by atoms with van der Waals surface area (Å²) in [6.45, 7) is 10.2. The summed E-state index contributed by atoms with van der Waals surface area (Å²) < 4.78 is 0. The van der Waals surface area contributed by atoms with Gasteiger partial charge < -0.3 is 5.11 Å². The first-order valence-electron chi connectivity index (χ1n) is 13.5. The van der Waals surface area contributed by atoms with Crippen molar-refractivity contribution in [1.29, 1.82) is 0 Å². The Morgan fingerprint density at radius 1 is 1.22 bits per heavy atom. The number of hydroxylamine groups is 2. The van der Waals surface area contributed by atoms with Crippen molar-refractivity contribution in [1.82, 2.24) is 5.06 Å². The molecule has 0 aromatic carbocycles. The lowest BCUT2D eigenvalue weighted by Crippen LogP contribution is -2.50. The summed E-state index contributed by atoms with van der Waals surface area (Å²) in [6, 6.07) is 0. The number of allylic oxidation sites excluding steroid dienone is 1. The first-order valence-corrected chi connectivity index (χ1v) is 13.5. The van der Waals surface area contributed by atoms with E-state index >= 15 is 0 Å². The van der Waals surface area contributed by atoms with Gasteiger partial charge in [0.2, 0.25) is 5.91 Å². The maximum Gasteiger partial charge on any atom is 0.245 e. The summed E-state index contributed by atoms with van der Waals surface area (Å²) in [5, 5.41) is 11.7. The van der Waals surface area contributed by atoms with E-state index in [4.69, 9.17) is 4.84 Å². The molecule has 0 aromatic heterocycles. The summed E-state index contributed by atoms with van der Waals surface area (Å²) in [7, 11) is 1.76. The van der Waals surface area contributed by atoms with E-state index in [-0.39, 0.29) is 12.0 Å². The van der Waals surface area contributed by atoms with Crippen LogP contribution in [0.3, 0.4) is 0 Å². The highest BCUT2D eigenvalue weighted by Crippen LogP contribution is 2.67. The van der Waals surface area contributed by atoms with Crippen LogP contribution in [0.15, 0.2) is 11.6 Å². The van der Waals surface area contributed by atoms with Crippen molar-refractivity contribution in [3.05, 3.63) is 11.6 Å². The van der Waals surface area contributed by atoms with Gasteiger partial charge in [-0.1, -0.05) is 39.3 Å². The molecular formula is C28H47NO3. The third-order valence-corrected chi connectivity index (χ3v) is 10.5. The minimum Gasteiger partial charge on any atom is -0.393 e. The lowest BCUT2D eigenvalue weighted by Gasteiger charge is -2.58. The molecule has 0 saturated heterocycles. The van der Waals surface area contributed by atoms with Crippen molar-refractivity contribution >= 4 is 5.91 Å². The number of carbonyl (C=O) groups excluding carboxylic acids is 1. The number of hydrogen-bond donors (Lipinski definition) is 1. The largest absolute Gasteiger partial charge is 0.393 e. The van der Waals surface area contributed by atoms with Gasteiger partial charge in [-0.05, 0) is 105 Å². The van der Waals surface area contributed by atoms with E-state index in [1.54, 1.807) is 12.6 Å². The molecule has 3 saturated carbocycles. The Morgan fingerprint density at radius 2 is 2.00 bits per heavy atom. The fourth-order valence-electron chi connectivity index (χ4n) is 8.63. The smallest absolute Gasteiger partial charge is 0.245 e. The van der Waals surface area contributed by atoms with Crippen LogP contribution in [0, 0.1) is 40.4 Å². The van der Waals surface area contributed by atoms with Crippen molar-refractivity contribution < 1.29 is 14.7 Å². The molecular weight excluding hydrogens is 398 g/mol. The molecule has 4 aliphatic rings. The summed E-state index contributed by atoms with van der Waals surface area (Å²) >= 11 is 0. The van der Waals surface area contributed by atoms with Crippen LogP contribution in [-0.4, -0.2) is 35.8 Å². The molecule has 4 heteroatoms. The van der Waals surface area contributed by atoms with E-state index in [0.29, 0.717) is 29.8 Å². The van der Waals surface area contributed by atoms with E-state index in [9.17, 15) is 9.90 Å². The topological polar surface area (TPSA) is 49.8 Å². The zero-order valence-corrected chi connectivity index (χ0v) is 21.2. The molecule has 0 radical (unpaired) electrons. The van der Waals surface area contributed by atoms with Crippen LogP contribution in [0.25, 0.3) is 0 Å². The fourth-order valence-corrected chi connectivity index (χ4v) is 8.63. The molecule has 1 amide bonds. The average molecular weight is 446 g/mol. The lowest BCUT2D eigenvalue weighted by atomic mass is 9.47. The van der Waals surface area contributed by atoms with Crippen LogP contribution in [0.4, 0.5) is 0 Å². The first-order chi connectivity index (χ1) is 15.2. The number of carbonyl (C=O) groups is 1. The Morgan fingerprint density at radius 3 is 2.75 bits per heavy atom. The SMILES string of the molecule is CCCON(C)C(=O)CCC(C)[C@H]1CC[C@H]2[C@@H]3CC=C4C[C@@H](O)CC[C@]4(C)[C@H]3CC[C@]12C. The molecule has 1 N–H and O–H groups in total. The minimum atomic E-state index is -0.120. The molecule has 8 atom stereocenters. The van der Waals surface area contributed by atoms with Gasteiger partial charge in [0, 0.05) is 13.5 Å². The second-order valence-electron chi connectivity index (χ2n) is 12.1. The molecule has 0 aliphatic heterocycles. The van der Waals surface area contributed by atoms with Gasteiger partial charge >= 0.3 is 0 Å². The van der Waals surface area contributed by atoms with Crippen LogP contribution < -0.4 is 0 Å². The van der Waals surface area contributed by atoms with E-state index in [2.05, 4.69) is 33.8 Å². The molecule has 4 nitrogen and oxygen atoms in total. The average Bonchev–Trinajstić information content (AvgIpc) is 3.13. The third-order valence-electron chi connectivity index (χ3n) is 10.5. The van der Waals surface area contributed by atoms with Gasteiger partial charge in [-0.2, -0.15) is 0 Å². The van der Waals surface area contributed by atoms with Gasteiger partial charge in [0.15, 0.2) is 0 Å². The van der Waals surface area contributed by atoms with Crippen molar-refractivity contribution in [2.75, 3.05) is 13.7 Å². The van der Waals surface area contributed by atoms with Gasteiger partial charge in [-0.15, -0.1) is 0 Å². The highest BCUT2D eigenvalue weighted by molar-refractivity contribution is 5.74. The van der Waals surface area contributed by atoms with Crippen molar-refractivity contribution in [3.63, 3.8) is 0 Å². The number of nitrogens with zero attached hydrogens (tertiary/aromatic N) is 1. The van der Waals surface area contributed by atoms with Gasteiger partial charge in [0.05, 0.1) is 12.7 Å². The van der Waals surface area contributed by atoms with Gasteiger partial charge in [0.25, 0.3) is 0 Å². The number of aliphatic hydroxyl groups excluding tert-OH is 1. The van der Waals surface area contributed by atoms with E-state index in [1.165, 1.54) is 43.6 Å². The second-order valence-corrected chi connectivity index (χ2v) is 12.1. The Bertz CT molecular complexity index is 719. The number of amides is 1. The molecule has 0 bridgehead atoms. The number of hydrogen-bond acceptors (Lipinski definition) is 3. The molecule has 3 fully saturated rings. The maximum absolute atomic E-state index is 12.5. The van der Waals surface area contributed by atoms with E-state index in [1.807, 2.05) is 0 Å². The highest BCUT2D eigenvalue weighted by atomic mass is 16.7. The normalized spacial score (nSPS) is 41.8. The molecule has 182 valence electrons. The third kappa shape index (κ3) is 4.19. The van der Waals surface area contributed by atoms with Gasteiger partial charge in [-0.25, -0.2) is 5.06 Å². The lowest BCUT2D eigenvalue weighted by molar-refractivity contribution is -0.178. The van der Waals surface area contributed by atoms with Crippen molar-refractivity contribution in [2.24, 2.45) is 40.4 Å². The molecule has 0 aromatic rings. The van der Waals surface area contributed by atoms with Crippen LogP contribution in [0.5, 0.6) is 0 Å². The van der Waals surface area contributed by atoms with E-state index < -0.39 is 0 Å². The zero-order chi connectivity index (χ0) is 23.1. The second kappa shape index (κ2) is 9.41. The number of rotatable bonds is 7. The predicted molar refractivity (Wildman–Crippen MR) is 129 cm³/mol. The Labute approximate surface area is 196 Å². The van der Waals surface area contributed by atoms with Crippen LogP contribution in [-0.2, 0) is 9.63 Å². The minimum absolute atomic E-state index is 0.117. The molecule has 0 heterocycles. The van der Waals surface area contributed by atoms with Crippen LogP contribution in [0.2, 0.25) is 0 Å². The molecule has 4 rings (SSSR count). The Kier molecular flexibility index (Phi) is 7.13. The van der Waals surface area contributed by atoms with Crippen molar-refractivity contribution in [2.45, 2.75) is 104 Å². The zero-order valence-electron chi connectivity index (χ0n) is 21.2.